The number of hydrogen-bond donors (Lipinski definition) is 2. The summed E-state index contributed by atoms with van der Waals surface area (Å²) >= 11 is 0. The highest BCUT2D eigenvalue weighted by atomic mass is 19.1. The molecular weight excluding hydrogens is 527 g/mol. The minimum atomic E-state index is -0.523. The van der Waals surface area contributed by atoms with Crippen molar-refractivity contribution in [3.8, 4) is 17.1 Å². The number of aromatic amines is 1. The fourth-order valence-corrected chi connectivity index (χ4v) is 7.04. The monoisotopic (exact) mass is 568 g/mol. The molecule has 2 spiro atoms. The standard InChI is InChI=1S/C20H33N3O2.C10H8FN3O2/c1-3-23-17(24)6-10-19(23)8-4-16(5-9-19)21-18(25)15-7-13-22(2)20(14-15)11-12-20;1-16-10-3-7(8(11)4-12-10)9-2-6(5-15)13-14-9/h15-16H,3-14H2,1-2H3,(H,21,25);2-5H,1H3,(H,13,14). The molecule has 0 radical (unpaired) electrons. The molecular formula is C30H41FN6O4. The van der Waals surface area contributed by atoms with Crippen LogP contribution in [0.15, 0.2) is 18.3 Å². The molecule has 2 amide bonds. The van der Waals surface area contributed by atoms with Crippen LogP contribution < -0.4 is 10.1 Å². The fourth-order valence-electron chi connectivity index (χ4n) is 7.04. The number of aldehydes is 1. The molecule has 6 rings (SSSR count). The Morgan fingerprint density at radius 1 is 1.20 bits per heavy atom. The Bertz CT molecular complexity index is 1270. The molecule has 10 nitrogen and oxygen atoms in total. The lowest BCUT2D eigenvalue weighted by Crippen LogP contribution is -2.52. The third-order valence-electron chi connectivity index (χ3n) is 9.74. The third kappa shape index (κ3) is 6.00. The van der Waals surface area contributed by atoms with Gasteiger partial charge in [0.2, 0.25) is 17.7 Å². The van der Waals surface area contributed by atoms with E-state index in [9.17, 15) is 18.8 Å². The number of hydrogen-bond acceptors (Lipinski definition) is 7. The summed E-state index contributed by atoms with van der Waals surface area (Å²) in [5.41, 5.74) is 1.29. The fraction of sp³-hybridized carbons (Fsp3) is 0.633. The molecule has 2 aromatic rings. The van der Waals surface area contributed by atoms with Gasteiger partial charge in [0.1, 0.15) is 0 Å². The zero-order valence-electron chi connectivity index (χ0n) is 24.2. The van der Waals surface area contributed by atoms with E-state index >= 15 is 0 Å². The van der Waals surface area contributed by atoms with Gasteiger partial charge in [-0.1, -0.05) is 0 Å². The van der Waals surface area contributed by atoms with Crippen molar-refractivity contribution in [3.05, 3.63) is 29.8 Å². The van der Waals surface area contributed by atoms with Gasteiger partial charge in [0.25, 0.3) is 0 Å². The Balaban J connectivity index is 0.000000182. The Hall–Kier alpha value is -3.34. The second kappa shape index (κ2) is 11.9. The molecule has 41 heavy (non-hydrogen) atoms. The predicted molar refractivity (Wildman–Crippen MR) is 151 cm³/mol. The number of nitrogens with one attached hydrogen (secondary N) is 2. The van der Waals surface area contributed by atoms with Crippen molar-refractivity contribution in [2.75, 3.05) is 27.2 Å². The first-order valence-electron chi connectivity index (χ1n) is 14.7. The van der Waals surface area contributed by atoms with Gasteiger partial charge >= 0.3 is 0 Å². The summed E-state index contributed by atoms with van der Waals surface area (Å²) in [4.78, 5) is 43.6. The average molecular weight is 569 g/mol. The number of pyridine rings is 1. The molecule has 2 saturated carbocycles. The van der Waals surface area contributed by atoms with Crippen LogP contribution in [0.5, 0.6) is 5.88 Å². The lowest BCUT2D eigenvalue weighted by atomic mass is 9.77. The number of piperidine rings is 1. The van der Waals surface area contributed by atoms with Crippen LogP contribution in [0.2, 0.25) is 0 Å². The van der Waals surface area contributed by atoms with Crippen molar-refractivity contribution in [1.82, 2.24) is 30.3 Å². The molecule has 2 aromatic heterocycles. The van der Waals surface area contributed by atoms with Crippen LogP contribution in [-0.2, 0) is 9.59 Å². The van der Waals surface area contributed by atoms with Gasteiger partial charge in [-0.05, 0) is 84.4 Å². The van der Waals surface area contributed by atoms with E-state index in [1.807, 2.05) is 0 Å². The van der Waals surface area contributed by atoms with Crippen molar-refractivity contribution in [2.45, 2.75) is 88.3 Å². The van der Waals surface area contributed by atoms with Gasteiger partial charge in [-0.2, -0.15) is 5.10 Å². The highest BCUT2D eigenvalue weighted by molar-refractivity contribution is 5.80. The van der Waals surface area contributed by atoms with E-state index in [2.05, 4.69) is 44.3 Å². The maximum absolute atomic E-state index is 13.4. The first-order valence-corrected chi connectivity index (χ1v) is 14.7. The van der Waals surface area contributed by atoms with Gasteiger partial charge in [0.15, 0.2) is 12.1 Å². The molecule has 2 N–H and O–H groups in total. The number of nitrogens with zero attached hydrogens (tertiary/aromatic N) is 4. The number of likely N-dealkylation sites (tertiary alicyclic amines) is 2. The minimum Gasteiger partial charge on any atom is -0.481 e. The molecule has 4 aliphatic rings. The highest BCUT2D eigenvalue weighted by Crippen LogP contribution is 2.49. The van der Waals surface area contributed by atoms with Gasteiger partial charge < -0.3 is 19.9 Å². The van der Waals surface area contributed by atoms with Gasteiger partial charge in [0.05, 0.1) is 24.7 Å². The summed E-state index contributed by atoms with van der Waals surface area (Å²) in [5.74, 6) is 0.577. The van der Waals surface area contributed by atoms with Crippen LogP contribution in [0, 0.1) is 11.7 Å². The number of rotatable bonds is 6. The number of carbonyl (C=O) groups excluding carboxylic acids is 3. The zero-order valence-corrected chi connectivity index (χ0v) is 24.2. The second-order valence-electron chi connectivity index (χ2n) is 12.0. The number of amides is 2. The number of halogens is 1. The predicted octanol–water partition coefficient (Wildman–Crippen LogP) is 3.73. The number of H-pyrrole nitrogens is 1. The summed E-state index contributed by atoms with van der Waals surface area (Å²) in [6.07, 6.45) is 12.1. The summed E-state index contributed by atoms with van der Waals surface area (Å²) in [6, 6.07) is 3.17. The van der Waals surface area contributed by atoms with E-state index in [0.717, 1.165) is 64.2 Å². The molecule has 11 heteroatoms. The summed E-state index contributed by atoms with van der Waals surface area (Å²) < 4.78 is 18.3. The molecule has 1 unspecified atom stereocenters. The van der Waals surface area contributed by atoms with E-state index in [-0.39, 0.29) is 34.5 Å². The van der Waals surface area contributed by atoms with E-state index in [1.165, 1.54) is 32.1 Å². The molecule has 2 aliphatic carbocycles. The Labute approximate surface area is 240 Å². The molecule has 2 saturated heterocycles. The van der Waals surface area contributed by atoms with Gasteiger partial charge in [-0.3, -0.25) is 19.5 Å². The maximum Gasteiger partial charge on any atom is 0.223 e. The van der Waals surface area contributed by atoms with E-state index < -0.39 is 5.82 Å². The molecule has 1 atom stereocenters. The van der Waals surface area contributed by atoms with Gasteiger partial charge in [0, 0.05) is 47.6 Å². The smallest absolute Gasteiger partial charge is 0.223 e. The number of carbonyl (C=O) groups is 3. The van der Waals surface area contributed by atoms with Crippen LogP contribution in [0.1, 0.15) is 81.6 Å². The molecule has 2 aliphatic heterocycles. The third-order valence-corrected chi connectivity index (χ3v) is 9.74. The van der Waals surface area contributed by atoms with E-state index in [1.54, 1.807) is 0 Å². The lowest BCUT2D eigenvalue weighted by molar-refractivity contribution is -0.133. The van der Waals surface area contributed by atoms with Crippen LogP contribution in [-0.4, -0.2) is 87.4 Å². The summed E-state index contributed by atoms with van der Waals surface area (Å²) in [7, 11) is 3.65. The Kier molecular flexibility index (Phi) is 8.45. The maximum atomic E-state index is 13.4. The topological polar surface area (TPSA) is 121 Å². The Morgan fingerprint density at radius 2 is 1.95 bits per heavy atom. The first kappa shape index (κ1) is 29.2. The molecule has 222 valence electrons. The minimum absolute atomic E-state index is 0.0959. The van der Waals surface area contributed by atoms with Crippen LogP contribution in [0.25, 0.3) is 11.3 Å². The zero-order chi connectivity index (χ0) is 29.2. The summed E-state index contributed by atoms with van der Waals surface area (Å²) in [6.45, 7) is 3.97. The van der Waals surface area contributed by atoms with E-state index in [4.69, 9.17) is 4.74 Å². The second-order valence-corrected chi connectivity index (χ2v) is 12.0. The van der Waals surface area contributed by atoms with Crippen LogP contribution in [0.3, 0.4) is 0 Å². The van der Waals surface area contributed by atoms with Crippen molar-refractivity contribution in [2.24, 2.45) is 5.92 Å². The van der Waals surface area contributed by atoms with Gasteiger partial charge in [-0.15, -0.1) is 0 Å². The number of ether oxygens (including phenoxy) is 1. The number of aromatic nitrogens is 3. The average Bonchev–Trinajstić information content (AvgIpc) is 3.47. The molecule has 4 heterocycles. The molecule has 0 bridgehead atoms. The van der Waals surface area contributed by atoms with Crippen LogP contribution in [0.4, 0.5) is 4.39 Å². The summed E-state index contributed by atoms with van der Waals surface area (Å²) in [5, 5.41) is 9.65. The van der Waals surface area contributed by atoms with Crippen molar-refractivity contribution in [1.29, 1.82) is 0 Å². The SMILES string of the molecule is CCN1C(=O)CCC12CCC(NC(=O)C1CCN(C)C3(CC3)C1)CC2.COc1cc(-c2cc(C=O)[nH]n2)c(F)cn1. The normalized spacial score (nSPS) is 26.9. The van der Waals surface area contributed by atoms with Crippen molar-refractivity contribution in [3.63, 3.8) is 0 Å². The highest BCUT2D eigenvalue weighted by Gasteiger charge is 2.51. The van der Waals surface area contributed by atoms with Crippen LogP contribution >= 0.6 is 0 Å². The van der Waals surface area contributed by atoms with Gasteiger partial charge in [-0.25, -0.2) is 9.37 Å². The Morgan fingerprint density at radius 3 is 2.59 bits per heavy atom. The quantitative estimate of drug-likeness (QED) is 0.510. The van der Waals surface area contributed by atoms with Crippen molar-refractivity contribution < 1.29 is 23.5 Å². The van der Waals surface area contributed by atoms with Crippen molar-refractivity contribution >= 4 is 18.1 Å². The largest absolute Gasteiger partial charge is 0.481 e. The first-order chi connectivity index (χ1) is 19.7. The van der Waals surface area contributed by atoms with E-state index in [0.29, 0.717) is 35.9 Å². The number of methoxy groups -OCH3 is 1. The molecule has 4 fully saturated rings. The lowest BCUT2D eigenvalue weighted by Gasteiger charge is -2.44. The molecule has 0 aromatic carbocycles.